The molecule has 0 bridgehead atoms. The molecule has 1 saturated heterocycles. The van der Waals surface area contributed by atoms with Crippen molar-refractivity contribution in [2.24, 2.45) is 0 Å². The van der Waals surface area contributed by atoms with Gasteiger partial charge in [-0.25, -0.2) is 14.4 Å². The standard InChI is InChI=1S/C29H32N4O11S/c1-15(34)41-10-11-43-29(40)44-17-5-6-19-16(12-17)13-20(31-19)25(35)30-14-21-24-18(7-8-33(21)28(38)39)23(27(36)37)26(45-24)32-22-4-2-3-9-42-22/h5-6,12-13,21-22,31-32H,2-4,7-11,14H2,1H3,(H,30,35)(H,36,37)(H,38,39)/t21-,22?/m0/s1. The van der Waals surface area contributed by atoms with E-state index in [1.807, 2.05) is 0 Å². The lowest BCUT2D eigenvalue weighted by atomic mass is 9.97. The Kier molecular flexibility index (Phi) is 9.73. The van der Waals surface area contributed by atoms with E-state index in [0.717, 1.165) is 19.3 Å². The fraction of sp³-hybridized carbons (Fsp3) is 0.414. The summed E-state index contributed by atoms with van der Waals surface area (Å²) in [6, 6.07) is 5.38. The van der Waals surface area contributed by atoms with Gasteiger partial charge < -0.3 is 44.8 Å². The number of thiophene rings is 1. The number of benzene rings is 1. The number of aromatic carboxylic acids is 1. The largest absolute Gasteiger partial charge is 0.513 e. The van der Waals surface area contributed by atoms with E-state index in [2.05, 4.69) is 20.4 Å². The first kappa shape index (κ1) is 31.6. The van der Waals surface area contributed by atoms with Crippen LogP contribution in [0, 0.1) is 0 Å². The molecule has 2 aliphatic rings. The molecule has 1 unspecified atom stereocenters. The maximum atomic E-state index is 13.2. The topological polar surface area (TPSA) is 206 Å². The van der Waals surface area contributed by atoms with Gasteiger partial charge in [-0.1, -0.05) is 0 Å². The van der Waals surface area contributed by atoms with Crippen LogP contribution < -0.4 is 15.4 Å². The van der Waals surface area contributed by atoms with E-state index < -0.39 is 36.1 Å². The molecule has 3 aromatic rings. The molecule has 0 radical (unpaired) electrons. The molecule has 1 aromatic carbocycles. The monoisotopic (exact) mass is 644 g/mol. The summed E-state index contributed by atoms with van der Waals surface area (Å²) in [5, 5.41) is 26.9. The van der Waals surface area contributed by atoms with Gasteiger partial charge in [0, 0.05) is 42.4 Å². The van der Waals surface area contributed by atoms with Crippen LogP contribution in [-0.2, 0) is 25.4 Å². The average molecular weight is 645 g/mol. The second-order valence-corrected chi connectivity index (χ2v) is 11.4. The molecule has 0 aliphatic carbocycles. The molecule has 15 nitrogen and oxygen atoms in total. The molecular formula is C29H32N4O11S. The molecule has 2 aliphatic heterocycles. The number of hydrogen-bond acceptors (Lipinski definition) is 11. The van der Waals surface area contributed by atoms with Gasteiger partial charge in [-0.05, 0) is 55.5 Å². The molecule has 2 amide bonds. The van der Waals surface area contributed by atoms with Crippen molar-refractivity contribution in [2.45, 2.75) is 44.9 Å². The van der Waals surface area contributed by atoms with E-state index >= 15 is 0 Å². The van der Waals surface area contributed by atoms with Crippen molar-refractivity contribution in [1.82, 2.24) is 15.2 Å². The van der Waals surface area contributed by atoms with Crippen LogP contribution >= 0.6 is 11.3 Å². The lowest BCUT2D eigenvalue weighted by Crippen LogP contribution is -2.44. The highest BCUT2D eigenvalue weighted by Gasteiger charge is 2.37. The summed E-state index contributed by atoms with van der Waals surface area (Å²) in [4.78, 5) is 65.1. The molecule has 45 heavy (non-hydrogen) atoms. The van der Waals surface area contributed by atoms with Gasteiger partial charge in [0.05, 0.1) is 11.6 Å². The quantitative estimate of drug-likeness (QED) is 0.121. The molecule has 0 spiro atoms. The molecule has 0 saturated carbocycles. The summed E-state index contributed by atoms with van der Waals surface area (Å²) in [5.74, 6) is -1.97. The van der Waals surface area contributed by atoms with Gasteiger partial charge in [-0.3, -0.25) is 14.5 Å². The van der Waals surface area contributed by atoms with Crippen molar-refractivity contribution in [3.05, 3.63) is 46.0 Å². The highest BCUT2D eigenvalue weighted by molar-refractivity contribution is 7.16. The number of nitrogens with one attached hydrogen (secondary N) is 3. The first-order valence-corrected chi connectivity index (χ1v) is 15.1. The Hall–Kier alpha value is -4.83. The molecule has 2 atom stereocenters. The number of carboxylic acid groups (broad SMARTS) is 2. The Labute approximate surface area is 260 Å². The fourth-order valence-corrected chi connectivity index (χ4v) is 6.70. The van der Waals surface area contributed by atoms with E-state index in [4.69, 9.17) is 14.2 Å². The highest BCUT2D eigenvalue weighted by atomic mass is 32.1. The number of carbonyl (C=O) groups excluding carboxylic acids is 3. The van der Waals surface area contributed by atoms with Crippen LogP contribution in [0.5, 0.6) is 5.75 Å². The Morgan fingerprint density at radius 2 is 1.91 bits per heavy atom. The molecule has 5 N–H and O–H groups in total. The third kappa shape index (κ3) is 7.46. The molecule has 1 fully saturated rings. The first-order chi connectivity index (χ1) is 21.6. The summed E-state index contributed by atoms with van der Waals surface area (Å²) in [5.41, 5.74) is 1.41. The summed E-state index contributed by atoms with van der Waals surface area (Å²) in [6.07, 6.45) is 0.316. The minimum absolute atomic E-state index is 0.0700. The number of amides is 2. The van der Waals surface area contributed by atoms with Gasteiger partial charge >= 0.3 is 24.2 Å². The van der Waals surface area contributed by atoms with Crippen molar-refractivity contribution in [3.8, 4) is 5.75 Å². The Morgan fingerprint density at radius 3 is 2.62 bits per heavy atom. The van der Waals surface area contributed by atoms with Crippen LogP contribution in [0.25, 0.3) is 10.9 Å². The number of ether oxygens (including phenoxy) is 4. The van der Waals surface area contributed by atoms with E-state index in [1.165, 1.54) is 35.3 Å². The van der Waals surface area contributed by atoms with Crippen molar-refractivity contribution >= 4 is 57.3 Å². The number of anilines is 1. The maximum absolute atomic E-state index is 13.2. The summed E-state index contributed by atoms with van der Waals surface area (Å²) >= 11 is 1.17. The molecule has 240 valence electrons. The number of hydrogen-bond donors (Lipinski definition) is 5. The summed E-state index contributed by atoms with van der Waals surface area (Å²) in [7, 11) is 0. The number of rotatable bonds is 10. The van der Waals surface area contributed by atoms with Crippen molar-refractivity contribution in [1.29, 1.82) is 0 Å². The number of carbonyl (C=O) groups is 5. The summed E-state index contributed by atoms with van der Waals surface area (Å²) < 4.78 is 20.4. The van der Waals surface area contributed by atoms with Crippen LogP contribution in [0.15, 0.2) is 24.3 Å². The lowest BCUT2D eigenvalue weighted by Gasteiger charge is -2.33. The summed E-state index contributed by atoms with van der Waals surface area (Å²) in [6.45, 7) is 1.50. The van der Waals surface area contributed by atoms with Crippen LogP contribution in [0.2, 0.25) is 0 Å². The average Bonchev–Trinajstić information content (AvgIpc) is 3.59. The Bertz CT molecular complexity index is 1610. The van der Waals surface area contributed by atoms with Crippen molar-refractivity contribution < 1.29 is 53.1 Å². The van der Waals surface area contributed by atoms with Gasteiger partial charge in [0.1, 0.15) is 35.9 Å². The van der Waals surface area contributed by atoms with Crippen LogP contribution in [0.4, 0.5) is 14.6 Å². The van der Waals surface area contributed by atoms with Gasteiger partial charge in [-0.2, -0.15) is 0 Å². The number of nitrogens with zero attached hydrogens (tertiary/aromatic N) is 1. The number of fused-ring (bicyclic) bond motifs is 2. The van der Waals surface area contributed by atoms with Crippen molar-refractivity contribution in [2.75, 3.05) is 38.2 Å². The van der Waals surface area contributed by atoms with Gasteiger partial charge in [0.25, 0.3) is 5.91 Å². The number of aromatic nitrogens is 1. The molecule has 16 heteroatoms. The normalized spacial score (nSPS) is 17.7. The number of aromatic amines is 1. The van der Waals surface area contributed by atoms with E-state index in [1.54, 1.807) is 12.1 Å². The highest BCUT2D eigenvalue weighted by Crippen LogP contribution is 2.43. The van der Waals surface area contributed by atoms with E-state index in [-0.39, 0.29) is 56.0 Å². The van der Waals surface area contributed by atoms with Crippen LogP contribution in [0.1, 0.15) is 63.5 Å². The third-order valence-electron chi connectivity index (χ3n) is 7.35. The minimum Gasteiger partial charge on any atom is -0.478 e. The Balaban J connectivity index is 1.28. The Morgan fingerprint density at radius 1 is 1.11 bits per heavy atom. The van der Waals surface area contributed by atoms with E-state index in [0.29, 0.717) is 33.0 Å². The molecule has 2 aromatic heterocycles. The number of H-pyrrole nitrogens is 1. The van der Waals surface area contributed by atoms with Gasteiger partial charge in [0.15, 0.2) is 0 Å². The first-order valence-electron chi connectivity index (χ1n) is 14.3. The van der Waals surface area contributed by atoms with Gasteiger partial charge in [-0.15, -0.1) is 11.3 Å². The zero-order chi connectivity index (χ0) is 32.1. The number of esters is 1. The molecule has 4 heterocycles. The maximum Gasteiger partial charge on any atom is 0.513 e. The predicted molar refractivity (Wildman–Crippen MR) is 159 cm³/mol. The zero-order valence-corrected chi connectivity index (χ0v) is 25.1. The number of carboxylic acids is 1. The fourth-order valence-electron chi connectivity index (χ4n) is 5.31. The smallest absolute Gasteiger partial charge is 0.478 e. The predicted octanol–water partition coefficient (Wildman–Crippen LogP) is 3.95. The van der Waals surface area contributed by atoms with Crippen LogP contribution in [0.3, 0.4) is 0 Å². The zero-order valence-electron chi connectivity index (χ0n) is 24.3. The third-order valence-corrected chi connectivity index (χ3v) is 8.62. The second kappa shape index (κ2) is 13.9. The second-order valence-electron chi connectivity index (χ2n) is 10.4. The van der Waals surface area contributed by atoms with Crippen molar-refractivity contribution in [3.63, 3.8) is 0 Å². The van der Waals surface area contributed by atoms with Gasteiger partial charge in [0.2, 0.25) is 0 Å². The molecular weight excluding hydrogens is 612 g/mol. The minimum atomic E-state index is -1.18. The SMILES string of the molecule is CC(=O)OCCOC(=O)Oc1ccc2[nH]c(C(=O)NC[C@H]3c4sc(NC5CCCCO5)c(C(=O)O)c4CCN3C(=O)O)cc2c1. The lowest BCUT2D eigenvalue weighted by molar-refractivity contribution is -0.142. The molecule has 5 rings (SSSR count). The van der Waals surface area contributed by atoms with Crippen LogP contribution in [-0.4, -0.2) is 89.3 Å². The van der Waals surface area contributed by atoms with E-state index in [9.17, 15) is 34.2 Å².